The minimum Gasteiger partial charge on any atom is -0.395 e. The minimum atomic E-state index is -0.412. The van der Waals surface area contributed by atoms with Crippen LogP contribution >= 0.6 is 0 Å². The lowest BCUT2D eigenvalue weighted by atomic mass is 10.4. The fourth-order valence-electron chi connectivity index (χ4n) is 2.43. The second-order valence-electron chi connectivity index (χ2n) is 5.10. The Hall–Kier alpha value is -1.97. The van der Waals surface area contributed by atoms with Gasteiger partial charge in [0.1, 0.15) is 0 Å². The number of aliphatic hydroxyl groups is 2. The van der Waals surface area contributed by atoms with E-state index in [9.17, 15) is 9.59 Å². The van der Waals surface area contributed by atoms with E-state index in [4.69, 9.17) is 10.2 Å². The zero-order valence-corrected chi connectivity index (χ0v) is 12.8. The van der Waals surface area contributed by atoms with Crippen molar-refractivity contribution in [3.63, 3.8) is 0 Å². The molecule has 2 aromatic heterocycles. The van der Waals surface area contributed by atoms with Gasteiger partial charge < -0.3 is 14.8 Å². The highest BCUT2D eigenvalue weighted by molar-refractivity contribution is 5.69. The van der Waals surface area contributed by atoms with Crippen molar-refractivity contribution in [3.05, 3.63) is 27.2 Å². The molecule has 0 fully saturated rings. The Labute approximate surface area is 126 Å². The zero-order valence-electron chi connectivity index (χ0n) is 12.8. The van der Waals surface area contributed by atoms with Gasteiger partial charge in [-0.2, -0.15) is 0 Å². The molecule has 0 spiro atoms. The highest BCUT2D eigenvalue weighted by atomic mass is 16.3. The van der Waals surface area contributed by atoms with Crippen molar-refractivity contribution in [1.29, 1.82) is 0 Å². The molecule has 0 aliphatic rings. The maximum atomic E-state index is 12.3. The number of imidazole rings is 1. The number of hydrogen-bond acceptors (Lipinski definition) is 6. The van der Waals surface area contributed by atoms with Gasteiger partial charge in [-0.15, -0.1) is 0 Å². The molecular weight excluding hydrogens is 290 g/mol. The molecule has 0 amide bonds. The van der Waals surface area contributed by atoms with Gasteiger partial charge in [-0.1, -0.05) is 0 Å². The van der Waals surface area contributed by atoms with Gasteiger partial charge in [0.2, 0.25) is 0 Å². The normalized spacial score (nSPS) is 11.7. The van der Waals surface area contributed by atoms with Crippen molar-refractivity contribution in [1.82, 2.24) is 23.6 Å². The monoisotopic (exact) mass is 311 g/mol. The summed E-state index contributed by atoms with van der Waals surface area (Å²) in [5.74, 6) is 0. The van der Waals surface area contributed by atoms with Crippen molar-refractivity contribution < 1.29 is 10.2 Å². The Morgan fingerprint density at radius 3 is 2.32 bits per heavy atom. The van der Waals surface area contributed by atoms with Crippen LogP contribution in [0.3, 0.4) is 0 Å². The average Bonchev–Trinajstić information content (AvgIpc) is 2.93. The van der Waals surface area contributed by atoms with E-state index in [1.54, 1.807) is 11.6 Å². The predicted molar refractivity (Wildman–Crippen MR) is 80.8 cm³/mol. The lowest BCUT2D eigenvalue weighted by Gasteiger charge is -2.20. The molecule has 122 valence electrons. The van der Waals surface area contributed by atoms with Crippen molar-refractivity contribution in [2.75, 3.05) is 32.8 Å². The molecule has 0 saturated heterocycles. The van der Waals surface area contributed by atoms with Crippen molar-refractivity contribution >= 4 is 11.2 Å². The number of rotatable bonds is 7. The number of fused-ring (bicyclic) bond motifs is 1. The fraction of sp³-hybridized carbons (Fsp3) is 0.615. The van der Waals surface area contributed by atoms with Gasteiger partial charge in [-0.3, -0.25) is 18.8 Å². The fourth-order valence-corrected chi connectivity index (χ4v) is 2.43. The quantitative estimate of drug-likeness (QED) is 0.597. The third-order valence-electron chi connectivity index (χ3n) is 3.71. The Morgan fingerprint density at radius 2 is 1.73 bits per heavy atom. The van der Waals surface area contributed by atoms with Gasteiger partial charge in [0.25, 0.3) is 5.56 Å². The summed E-state index contributed by atoms with van der Waals surface area (Å²) in [5, 5.41) is 18.0. The number of aromatic nitrogens is 4. The molecule has 0 atom stereocenters. The summed E-state index contributed by atoms with van der Waals surface area (Å²) < 4.78 is 4.09. The van der Waals surface area contributed by atoms with Crippen LogP contribution in [0, 0.1) is 0 Å². The molecule has 2 rings (SSSR count). The predicted octanol–water partition coefficient (Wildman–Crippen LogP) is -2.28. The van der Waals surface area contributed by atoms with Gasteiger partial charge in [0.05, 0.1) is 19.5 Å². The molecule has 0 radical (unpaired) electrons. The van der Waals surface area contributed by atoms with E-state index in [0.717, 1.165) is 4.57 Å². The molecular formula is C13H21N5O4. The lowest BCUT2D eigenvalue weighted by Crippen LogP contribution is -2.38. The first kappa shape index (κ1) is 16.4. The van der Waals surface area contributed by atoms with Gasteiger partial charge >= 0.3 is 5.69 Å². The number of aryl methyl sites for hydroxylation is 1. The van der Waals surface area contributed by atoms with E-state index in [1.165, 1.54) is 17.9 Å². The Bertz CT molecular complexity index is 754. The maximum absolute atomic E-state index is 12.3. The third-order valence-corrected chi connectivity index (χ3v) is 3.71. The Kier molecular flexibility index (Phi) is 5.11. The first-order valence-electron chi connectivity index (χ1n) is 7.06. The maximum Gasteiger partial charge on any atom is 0.332 e. The van der Waals surface area contributed by atoms with Crippen LogP contribution in [0.4, 0.5) is 0 Å². The number of aliphatic hydroxyl groups excluding tert-OH is 2. The number of nitrogens with zero attached hydrogens (tertiary/aromatic N) is 5. The van der Waals surface area contributed by atoms with Gasteiger partial charge in [0.15, 0.2) is 11.2 Å². The van der Waals surface area contributed by atoms with Gasteiger partial charge in [0, 0.05) is 40.3 Å². The van der Waals surface area contributed by atoms with E-state index < -0.39 is 5.69 Å². The first-order chi connectivity index (χ1) is 10.5. The molecule has 0 aliphatic heterocycles. The van der Waals surface area contributed by atoms with Crippen LogP contribution in [-0.2, 0) is 20.6 Å². The molecule has 9 nitrogen and oxygen atoms in total. The summed E-state index contributed by atoms with van der Waals surface area (Å²) >= 11 is 0. The van der Waals surface area contributed by atoms with Gasteiger partial charge in [-0.05, 0) is 0 Å². The average molecular weight is 311 g/mol. The molecule has 0 aromatic carbocycles. The lowest BCUT2D eigenvalue weighted by molar-refractivity contribution is 0.157. The van der Waals surface area contributed by atoms with Crippen LogP contribution in [0.25, 0.3) is 11.2 Å². The van der Waals surface area contributed by atoms with Crippen molar-refractivity contribution in [2.45, 2.75) is 6.54 Å². The highest BCUT2D eigenvalue weighted by Gasteiger charge is 2.14. The summed E-state index contributed by atoms with van der Waals surface area (Å²) in [6, 6.07) is 0. The molecule has 2 N–H and O–H groups in total. The first-order valence-corrected chi connectivity index (χ1v) is 7.06. The van der Waals surface area contributed by atoms with Crippen LogP contribution in [0.2, 0.25) is 0 Å². The van der Waals surface area contributed by atoms with E-state index in [2.05, 4.69) is 4.98 Å². The standard InChI is InChI=1S/C13H21N5O4/c1-15-11-10(12(21)16(2)13(15)22)18(9-14-11)4-3-17(5-7-19)6-8-20/h9,19-20H,3-8H2,1-2H3. The summed E-state index contributed by atoms with van der Waals surface area (Å²) in [7, 11) is 3.01. The van der Waals surface area contributed by atoms with E-state index >= 15 is 0 Å². The highest BCUT2D eigenvalue weighted by Crippen LogP contribution is 2.05. The van der Waals surface area contributed by atoms with Crippen LogP contribution in [0.5, 0.6) is 0 Å². The Morgan fingerprint density at radius 1 is 1.09 bits per heavy atom. The summed E-state index contributed by atoms with van der Waals surface area (Å²) in [6.07, 6.45) is 1.53. The SMILES string of the molecule is Cn1c(=O)c2c(ncn2CCN(CCO)CCO)n(C)c1=O. The molecule has 9 heteroatoms. The van der Waals surface area contributed by atoms with E-state index in [1.807, 2.05) is 4.90 Å². The van der Waals surface area contributed by atoms with Crippen LogP contribution in [0.15, 0.2) is 15.9 Å². The molecule has 0 bridgehead atoms. The third kappa shape index (κ3) is 2.96. The smallest absolute Gasteiger partial charge is 0.332 e. The minimum absolute atomic E-state index is 0.000936. The zero-order chi connectivity index (χ0) is 16.3. The molecule has 0 aliphatic carbocycles. The summed E-state index contributed by atoms with van der Waals surface area (Å²) in [5.41, 5.74) is -0.0714. The molecule has 2 aromatic rings. The topological polar surface area (TPSA) is 106 Å². The summed E-state index contributed by atoms with van der Waals surface area (Å²) in [6.45, 7) is 1.93. The van der Waals surface area contributed by atoms with Crippen molar-refractivity contribution in [2.24, 2.45) is 14.1 Å². The molecule has 0 unspecified atom stereocenters. The largest absolute Gasteiger partial charge is 0.395 e. The molecule has 0 saturated carbocycles. The number of hydrogen-bond donors (Lipinski definition) is 2. The molecule has 2 heterocycles. The van der Waals surface area contributed by atoms with Crippen LogP contribution in [0.1, 0.15) is 0 Å². The Balaban J connectivity index is 2.33. The van der Waals surface area contributed by atoms with Gasteiger partial charge in [-0.25, -0.2) is 9.78 Å². The molecule has 22 heavy (non-hydrogen) atoms. The van der Waals surface area contributed by atoms with E-state index in [-0.39, 0.29) is 18.8 Å². The van der Waals surface area contributed by atoms with E-state index in [0.29, 0.717) is 37.3 Å². The van der Waals surface area contributed by atoms with Crippen LogP contribution < -0.4 is 11.2 Å². The van der Waals surface area contributed by atoms with Crippen LogP contribution in [-0.4, -0.2) is 66.6 Å². The second kappa shape index (κ2) is 6.86. The summed E-state index contributed by atoms with van der Waals surface area (Å²) in [4.78, 5) is 30.2. The second-order valence-corrected chi connectivity index (χ2v) is 5.10. The van der Waals surface area contributed by atoms with Crippen molar-refractivity contribution in [3.8, 4) is 0 Å².